The lowest BCUT2D eigenvalue weighted by atomic mass is 10.1. The van der Waals surface area contributed by atoms with E-state index in [0.29, 0.717) is 28.5 Å². The first-order valence-corrected chi connectivity index (χ1v) is 11.9. The highest BCUT2D eigenvalue weighted by atomic mass is 32.1. The number of hydrogen-bond donors (Lipinski definition) is 0. The van der Waals surface area contributed by atoms with E-state index in [1.165, 1.54) is 36.2 Å². The monoisotopic (exact) mass is 536 g/mol. The van der Waals surface area contributed by atoms with Crippen molar-refractivity contribution >= 4 is 41.0 Å². The van der Waals surface area contributed by atoms with Crippen LogP contribution in [0.25, 0.3) is 6.08 Å². The number of hydrogen-bond acceptors (Lipinski definition) is 7. The Kier molecular flexibility index (Phi) is 8.22. The first kappa shape index (κ1) is 26.6. The molecule has 3 aromatic rings. The number of carbonyl (C=O) groups excluding carboxylic acids is 2. The number of halogens is 1. The molecule has 3 aromatic carbocycles. The summed E-state index contributed by atoms with van der Waals surface area (Å²) in [4.78, 5) is 28.4. The molecule has 1 fully saturated rings. The molecule has 0 N–H and O–H groups in total. The van der Waals surface area contributed by atoms with Gasteiger partial charge in [-0.05, 0) is 78.0 Å². The van der Waals surface area contributed by atoms with E-state index in [2.05, 4.69) is 0 Å². The summed E-state index contributed by atoms with van der Waals surface area (Å²) in [5.74, 6) is 0.253. The number of thiocarbonyl (C=S) groups is 1. The number of benzene rings is 3. The van der Waals surface area contributed by atoms with Gasteiger partial charge in [-0.15, -0.1) is 0 Å². The molecule has 10 heteroatoms. The molecule has 0 aromatic heterocycles. The molecule has 1 heterocycles. The number of carbonyl (C=O) groups is 2. The van der Waals surface area contributed by atoms with Gasteiger partial charge in [-0.2, -0.15) is 0 Å². The molecule has 0 radical (unpaired) electrons. The highest BCUT2D eigenvalue weighted by Gasteiger charge is 2.40. The Balaban J connectivity index is 1.63. The van der Waals surface area contributed by atoms with Gasteiger partial charge in [0.25, 0.3) is 5.91 Å². The molecular formula is C28H25FN2O6S. The molecule has 0 spiro atoms. The van der Waals surface area contributed by atoms with Gasteiger partial charge in [0.15, 0.2) is 16.6 Å². The fraction of sp³-hybridized carbons (Fsp3) is 0.179. The highest BCUT2D eigenvalue weighted by Crippen LogP contribution is 2.33. The Morgan fingerprint density at radius 1 is 0.947 bits per heavy atom. The van der Waals surface area contributed by atoms with E-state index in [0.717, 1.165) is 5.56 Å². The molecule has 0 bridgehead atoms. The summed E-state index contributed by atoms with van der Waals surface area (Å²) in [6, 6.07) is 18.0. The van der Waals surface area contributed by atoms with Crippen LogP contribution in [0.2, 0.25) is 0 Å². The van der Waals surface area contributed by atoms with Crippen molar-refractivity contribution in [2.24, 2.45) is 0 Å². The van der Waals surface area contributed by atoms with E-state index < -0.39 is 11.9 Å². The van der Waals surface area contributed by atoms with Crippen LogP contribution >= 0.6 is 12.2 Å². The van der Waals surface area contributed by atoms with Crippen LogP contribution in [0.1, 0.15) is 11.1 Å². The molecule has 1 amide bonds. The van der Waals surface area contributed by atoms with Gasteiger partial charge in [0.2, 0.25) is 0 Å². The molecule has 196 valence electrons. The molecule has 0 unspecified atom stereocenters. The molecular weight excluding hydrogens is 511 g/mol. The maximum Gasteiger partial charge on any atom is 0.325 e. The molecule has 0 saturated carbocycles. The Labute approximate surface area is 224 Å². The van der Waals surface area contributed by atoms with Gasteiger partial charge in [0.05, 0.1) is 27.0 Å². The third kappa shape index (κ3) is 5.76. The number of ether oxygens (including phenoxy) is 4. The number of methoxy groups -OCH3 is 3. The minimum Gasteiger partial charge on any atom is -0.497 e. The lowest BCUT2D eigenvalue weighted by Gasteiger charge is -2.19. The van der Waals surface area contributed by atoms with Crippen LogP contribution in [0.3, 0.4) is 0 Å². The minimum atomic E-state index is -0.551. The first-order valence-electron chi connectivity index (χ1n) is 11.5. The largest absolute Gasteiger partial charge is 0.497 e. The minimum absolute atomic E-state index is 0.142. The van der Waals surface area contributed by atoms with Gasteiger partial charge in [0.1, 0.15) is 30.4 Å². The molecule has 0 aliphatic carbocycles. The Bertz CT molecular complexity index is 1380. The van der Waals surface area contributed by atoms with Gasteiger partial charge < -0.3 is 23.8 Å². The molecule has 38 heavy (non-hydrogen) atoms. The fourth-order valence-corrected chi connectivity index (χ4v) is 4.13. The molecule has 4 rings (SSSR count). The standard InChI is InChI=1S/C28H25FN2O6S/c1-34-22-11-9-21(10-12-22)31-27(33)23(30(28(31)38)16-26(32)36-3)14-19-6-13-24(25(15-19)35-2)37-17-18-4-7-20(29)8-5-18/h4-15H,16-17H2,1-3H3/b23-14-. The maximum atomic E-state index is 13.5. The maximum absolute atomic E-state index is 13.5. The Hall–Kier alpha value is -4.44. The summed E-state index contributed by atoms with van der Waals surface area (Å²) in [6.45, 7) is -0.0247. The zero-order valence-corrected chi connectivity index (χ0v) is 21.8. The van der Waals surface area contributed by atoms with Crippen molar-refractivity contribution in [2.45, 2.75) is 6.61 Å². The normalized spacial score (nSPS) is 14.2. The number of anilines is 1. The lowest BCUT2D eigenvalue weighted by Crippen LogP contribution is -2.35. The van der Waals surface area contributed by atoms with E-state index >= 15 is 0 Å². The SMILES string of the molecule is COC(=O)CN1C(=S)N(c2ccc(OC)cc2)C(=O)/C1=C/c1ccc(OCc2ccc(F)cc2)c(OC)c1. The van der Waals surface area contributed by atoms with Gasteiger partial charge in [-0.3, -0.25) is 14.5 Å². The van der Waals surface area contributed by atoms with E-state index in [4.69, 9.17) is 31.2 Å². The van der Waals surface area contributed by atoms with Crippen molar-refractivity contribution in [1.82, 2.24) is 4.90 Å². The van der Waals surface area contributed by atoms with E-state index in [1.807, 2.05) is 0 Å². The van der Waals surface area contributed by atoms with Crippen molar-refractivity contribution < 1.29 is 32.9 Å². The van der Waals surface area contributed by atoms with Crippen LogP contribution in [0.15, 0.2) is 72.4 Å². The summed E-state index contributed by atoms with van der Waals surface area (Å²) < 4.78 is 34.5. The van der Waals surface area contributed by atoms with Crippen LogP contribution < -0.4 is 19.1 Å². The van der Waals surface area contributed by atoms with Crippen LogP contribution in [0, 0.1) is 5.82 Å². The van der Waals surface area contributed by atoms with E-state index in [1.54, 1.807) is 67.8 Å². The molecule has 0 atom stereocenters. The summed E-state index contributed by atoms with van der Waals surface area (Å²) in [5, 5.41) is 0.142. The van der Waals surface area contributed by atoms with E-state index in [-0.39, 0.29) is 29.8 Å². The number of rotatable bonds is 9. The topological polar surface area (TPSA) is 77.5 Å². The van der Waals surface area contributed by atoms with E-state index in [9.17, 15) is 14.0 Å². The molecule has 1 saturated heterocycles. The van der Waals surface area contributed by atoms with Gasteiger partial charge in [-0.1, -0.05) is 18.2 Å². The predicted molar refractivity (Wildman–Crippen MR) is 144 cm³/mol. The number of amides is 1. The third-order valence-corrected chi connectivity index (χ3v) is 6.18. The summed E-state index contributed by atoms with van der Waals surface area (Å²) in [7, 11) is 4.32. The van der Waals surface area contributed by atoms with Gasteiger partial charge >= 0.3 is 5.97 Å². The highest BCUT2D eigenvalue weighted by molar-refractivity contribution is 7.80. The Morgan fingerprint density at radius 2 is 1.66 bits per heavy atom. The van der Waals surface area contributed by atoms with Crippen molar-refractivity contribution in [3.05, 3.63) is 89.4 Å². The zero-order valence-electron chi connectivity index (χ0n) is 21.0. The summed E-state index contributed by atoms with van der Waals surface area (Å²) in [6.07, 6.45) is 1.62. The number of esters is 1. The average molecular weight is 537 g/mol. The predicted octanol–water partition coefficient (Wildman–Crippen LogP) is 4.57. The number of nitrogens with zero attached hydrogens (tertiary/aromatic N) is 2. The van der Waals surface area contributed by atoms with Crippen molar-refractivity contribution in [3.8, 4) is 17.2 Å². The Morgan fingerprint density at radius 3 is 2.29 bits per heavy atom. The smallest absolute Gasteiger partial charge is 0.325 e. The lowest BCUT2D eigenvalue weighted by molar-refractivity contribution is -0.140. The second kappa shape index (κ2) is 11.7. The zero-order chi connectivity index (χ0) is 27.2. The van der Waals surface area contributed by atoms with Crippen molar-refractivity contribution in [1.29, 1.82) is 0 Å². The molecule has 8 nitrogen and oxygen atoms in total. The fourth-order valence-electron chi connectivity index (χ4n) is 3.78. The third-order valence-electron chi connectivity index (χ3n) is 5.78. The summed E-state index contributed by atoms with van der Waals surface area (Å²) >= 11 is 5.58. The van der Waals surface area contributed by atoms with Crippen LogP contribution in [-0.2, 0) is 20.9 Å². The molecule has 1 aliphatic heterocycles. The van der Waals surface area contributed by atoms with Crippen LogP contribution in [-0.4, -0.2) is 49.8 Å². The summed E-state index contributed by atoms with van der Waals surface area (Å²) in [5.41, 5.74) is 2.13. The van der Waals surface area contributed by atoms with Crippen LogP contribution in [0.4, 0.5) is 10.1 Å². The average Bonchev–Trinajstić information content (AvgIpc) is 3.16. The second-order valence-electron chi connectivity index (χ2n) is 8.14. The quantitative estimate of drug-likeness (QED) is 0.224. The molecule has 1 aliphatic rings. The van der Waals surface area contributed by atoms with Gasteiger partial charge in [0, 0.05) is 0 Å². The van der Waals surface area contributed by atoms with Crippen LogP contribution in [0.5, 0.6) is 17.2 Å². The second-order valence-corrected chi connectivity index (χ2v) is 8.50. The van der Waals surface area contributed by atoms with Gasteiger partial charge in [-0.25, -0.2) is 4.39 Å². The first-order chi connectivity index (χ1) is 18.3. The van der Waals surface area contributed by atoms with Crippen molar-refractivity contribution in [3.63, 3.8) is 0 Å². The van der Waals surface area contributed by atoms with Crippen molar-refractivity contribution in [2.75, 3.05) is 32.8 Å².